The van der Waals surface area contributed by atoms with Crippen LogP contribution in [0.4, 0.5) is 0 Å². The summed E-state index contributed by atoms with van der Waals surface area (Å²) >= 11 is 1.55. The van der Waals surface area contributed by atoms with E-state index in [1.807, 2.05) is 177 Å². The topological polar surface area (TPSA) is 129 Å². The molecule has 6 aromatic carbocycles. The second kappa shape index (κ2) is 27.2. The van der Waals surface area contributed by atoms with Crippen LogP contribution in [0.3, 0.4) is 0 Å². The lowest BCUT2D eigenvalue weighted by molar-refractivity contribution is -0.326. The zero-order valence-corrected chi connectivity index (χ0v) is 41.0. The van der Waals surface area contributed by atoms with Crippen LogP contribution in [0.5, 0.6) is 0 Å². The normalized spacial score (nSPS) is 24.2. The number of esters is 1. The molecule has 12 nitrogen and oxygen atoms in total. The predicted octanol–water partition coefficient (Wildman–Crippen LogP) is 9.63. The zero-order chi connectivity index (χ0) is 49.0. The number of nitrogens with one attached hydrogen (secondary N) is 1. The molecular formula is C58H63NO11S. The maximum atomic E-state index is 13.4. The number of ether oxygens (including phenoxy) is 9. The van der Waals surface area contributed by atoms with E-state index in [9.17, 15) is 9.59 Å². The minimum Gasteiger partial charge on any atom is -0.457 e. The van der Waals surface area contributed by atoms with Crippen molar-refractivity contribution in [3.63, 3.8) is 0 Å². The highest BCUT2D eigenvalue weighted by molar-refractivity contribution is 7.99. The summed E-state index contributed by atoms with van der Waals surface area (Å²) < 4.78 is 61.4. The summed E-state index contributed by atoms with van der Waals surface area (Å²) in [6.07, 6.45) is -7.32. The lowest BCUT2D eigenvalue weighted by Crippen LogP contribution is -2.62. The molecule has 8 rings (SSSR count). The molecule has 0 spiro atoms. The van der Waals surface area contributed by atoms with Gasteiger partial charge in [-0.3, -0.25) is 9.59 Å². The Kier molecular flexibility index (Phi) is 19.8. The second-order valence-corrected chi connectivity index (χ2v) is 18.6. The fourth-order valence-corrected chi connectivity index (χ4v) is 9.67. The van der Waals surface area contributed by atoms with Crippen LogP contribution in [-0.2, 0) is 85.3 Å². The third-order valence-electron chi connectivity index (χ3n) is 12.3. The summed E-state index contributed by atoms with van der Waals surface area (Å²) in [4.78, 5) is 26.6. The van der Waals surface area contributed by atoms with Gasteiger partial charge in [0.05, 0.1) is 52.2 Å². The number of hydrogen-bond donors (Lipinski definition) is 1. The van der Waals surface area contributed by atoms with Crippen molar-refractivity contribution in [2.24, 2.45) is 0 Å². The highest BCUT2D eigenvalue weighted by Gasteiger charge is 2.52. The van der Waals surface area contributed by atoms with E-state index in [-0.39, 0.29) is 45.2 Å². The Morgan fingerprint density at radius 2 is 0.859 bits per heavy atom. The number of rotatable bonds is 24. The molecule has 5 unspecified atom stereocenters. The molecule has 13 heteroatoms. The molecule has 2 heterocycles. The van der Waals surface area contributed by atoms with E-state index >= 15 is 0 Å². The smallest absolute Gasteiger partial charge is 0.306 e. The Morgan fingerprint density at radius 3 is 1.31 bits per heavy atom. The molecule has 1 amide bonds. The standard InChI is InChI=1S/C58H63NO11S/c1-41-51(70-50(61)34-33-49(60)59-2)53(63-36-43-23-11-4-12-24-43)55(65-38-45-27-15-6-16-28-45)57(68-41)67-40-48-52(62-35-42-21-9-3-10-22-42)54(64-37-44-25-13-5-14-26-44)56(66-39-46-29-17-7-18-30-46)58(69-48)71-47-31-19-8-20-32-47/h3-32,41,48,51-58H,33-40H2,1-2H3,(H,59,60)/t41?,48-,51+,52+,53-,54?,55?,56?,57?,58-/m0/s1. The van der Waals surface area contributed by atoms with Gasteiger partial charge in [0.25, 0.3) is 0 Å². The van der Waals surface area contributed by atoms with Crippen molar-refractivity contribution in [3.05, 3.63) is 210 Å². The Labute approximate surface area is 421 Å². The summed E-state index contributed by atoms with van der Waals surface area (Å²) in [5.74, 6) is -0.837. The third kappa shape index (κ3) is 15.4. The molecular weight excluding hydrogens is 919 g/mol. The van der Waals surface area contributed by atoms with Gasteiger partial charge in [-0.15, -0.1) is 0 Å². The summed E-state index contributed by atoms with van der Waals surface area (Å²) in [5.41, 5.74) is 4.23. The fourth-order valence-electron chi connectivity index (χ4n) is 8.52. The van der Waals surface area contributed by atoms with E-state index in [2.05, 4.69) is 17.4 Å². The summed E-state index contributed by atoms with van der Waals surface area (Å²) in [6, 6.07) is 59.7. The molecule has 372 valence electrons. The van der Waals surface area contributed by atoms with Crippen molar-refractivity contribution in [3.8, 4) is 0 Å². The maximum absolute atomic E-state index is 13.4. The van der Waals surface area contributed by atoms with Gasteiger partial charge in [-0.25, -0.2) is 0 Å². The first-order valence-corrected chi connectivity index (χ1v) is 25.1. The Bertz CT molecular complexity index is 2460. The number of carbonyl (C=O) groups is 2. The van der Waals surface area contributed by atoms with Gasteiger partial charge in [-0.2, -0.15) is 0 Å². The second-order valence-electron chi connectivity index (χ2n) is 17.5. The zero-order valence-electron chi connectivity index (χ0n) is 40.1. The Hall–Kier alpha value is -5.71. The number of hydrogen-bond acceptors (Lipinski definition) is 12. The van der Waals surface area contributed by atoms with Crippen LogP contribution in [0.2, 0.25) is 0 Å². The van der Waals surface area contributed by atoms with Gasteiger partial charge in [-0.1, -0.05) is 182 Å². The average molecular weight is 982 g/mol. The molecule has 0 aromatic heterocycles. The highest BCUT2D eigenvalue weighted by atomic mass is 32.2. The van der Waals surface area contributed by atoms with E-state index < -0.39 is 66.5 Å². The number of benzene rings is 6. The number of amides is 1. The molecule has 0 aliphatic carbocycles. The van der Waals surface area contributed by atoms with E-state index in [0.29, 0.717) is 13.2 Å². The van der Waals surface area contributed by atoms with E-state index in [1.54, 1.807) is 11.8 Å². The average Bonchev–Trinajstić information content (AvgIpc) is 3.42. The van der Waals surface area contributed by atoms with Gasteiger partial charge in [0, 0.05) is 18.4 Å². The van der Waals surface area contributed by atoms with Gasteiger partial charge < -0.3 is 47.9 Å². The van der Waals surface area contributed by atoms with Crippen molar-refractivity contribution >= 4 is 23.6 Å². The molecule has 0 bridgehead atoms. The SMILES string of the molecule is CNC(=O)CCC(=O)O[C@@H]1C(C)OC(OC[C@@H]2O[C@@H](Sc3ccccc3)C(OCc3ccccc3)C(OCc3ccccc3)[C@@H]2OCc2ccccc2)C(OCc2ccccc2)[C@H]1OCc1ccccc1. The Morgan fingerprint density at radius 1 is 0.465 bits per heavy atom. The molecule has 0 radical (unpaired) electrons. The van der Waals surface area contributed by atoms with Crippen molar-refractivity contribution in [1.82, 2.24) is 5.32 Å². The first kappa shape index (κ1) is 51.6. The van der Waals surface area contributed by atoms with Crippen LogP contribution in [-0.4, -0.2) is 86.1 Å². The minimum absolute atomic E-state index is 0.0213. The molecule has 0 saturated carbocycles. The molecule has 2 aliphatic rings. The quantitative estimate of drug-likeness (QED) is 0.0580. The first-order chi connectivity index (χ1) is 34.9. The molecule has 6 aromatic rings. The van der Waals surface area contributed by atoms with Gasteiger partial charge in [0.2, 0.25) is 5.91 Å². The van der Waals surface area contributed by atoms with Crippen molar-refractivity contribution < 1.29 is 52.2 Å². The number of thioether (sulfide) groups is 1. The monoisotopic (exact) mass is 981 g/mol. The van der Waals surface area contributed by atoms with Gasteiger partial charge in [-0.05, 0) is 46.9 Å². The van der Waals surface area contributed by atoms with Gasteiger partial charge in [0.15, 0.2) is 12.4 Å². The van der Waals surface area contributed by atoms with Crippen molar-refractivity contribution in [2.75, 3.05) is 13.7 Å². The molecule has 2 fully saturated rings. The minimum atomic E-state index is -1.04. The van der Waals surface area contributed by atoms with Gasteiger partial charge >= 0.3 is 5.97 Å². The van der Waals surface area contributed by atoms with Gasteiger partial charge in [0.1, 0.15) is 42.1 Å². The summed E-state index contributed by atoms with van der Waals surface area (Å²) in [7, 11) is 1.53. The fraction of sp³-hybridized carbons (Fsp3) is 0.345. The lowest BCUT2D eigenvalue weighted by atomic mass is 9.97. The van der Waals surface area contributed by atoms with Crippen LogP contribution in [0, 0.1) is 0 Å². The van der Waals surface area contributed by atoms with Crippen LogP contribution >= 0.6 is 11.8 Å². The first-order valence-electron chi connectivity index (χ1n) is 24.2. The lowest BCUT2D eigenvalue weighted by Gasteiger charge is -2.47. The summed E-state index contributed by atoms with van der Waals surface area (Å²) in [5, 5.41) is 2.56. The molecule has 2 saturated heterocycles. The van der Waals surface area contributed by atoms with Crippen molar-refractivity contribution in [1.29, 1.82) is 0 Å². The third-order valence-corrected chi connectivity index (χ3v) is 13.4. The molecule has 71 heavy (non-hydrogen) atoms. The van der Waals surface area contributed by atoms with E-state index in [1.165, 1.54) is 7.05 Å². The molecule has 1 N–H and O–H groups in total. The Balaban J connectivity index is 1.13. The van der Waals surface area contributed by atoms with Crippen LogP contribution in [0.15, 0.2) is 187 Å². The largest absolute Gasteiger partial charge is 0.457 e. The maximum Gasteiger partial charge on any atom is 0.306 e. The van der Waals surface area contributed by atoms with Crippen LogP contribution in [0.1, 0.15) is 47.6 Å². The highest BCUT2D eigenvalue weighted by Crippen LogP contribution is 2.39. The summed E-state index contributed by atoms with van der Waals surface area (Å²) in [6.45, 7) is 3.03. The van der Waals surface area contributed by atoms with Crippen molar-refractivity contribution in [2.45, 2.75) is 118 Å². The number of carbonyl (C=O) groups excluding carboxylic acids is 2. The van der Waals surface area contributed by atoms with Crippen LogP contribution in [0.25, 0.3) is 0 Å². The predicted molar refractivity (Wildman–Crippen MR) is 270 cm³/mol. The van der Waals surface area contributed by atoms with E-state index in [0.717, 1.165) is 32.7 Å². The van der Waals surface area contributed by atoms with Crippen LogP contribution < -0.4 is 5.32 Å². The van der Waals surface area contributed by atoms with E-state index in [4.69, 9.17) is 42.6 Å². The molecule has 10 atom stereocenters. The molecule has 2 aliphatic heterocycles.